The minimum absolute atomic E-state index is 0.377. The third-order valence-corrected chi connectivity index (χ3v) is 4.51. The number of rotatable bonds is 6. The molecule has 2 heterocycles. The third kappa shape index (κ3) is 5.13. The molecule has 3 aromatic rings. The van der Waals surface area contributed by atoms with Crippen molar-refractivity contribution in [2.24, 2.45) is 5.10 Å². The van der Waals surface area contributed by atoms with Crippen molar-refractivity contribution in [3.63, 3.8) is 0 Å². The number of nitrogens with zero attached hydrogens (tertiary/aromatic N) is 5. The Labute approximate surface area is 171 Å². The average molecular weight is 418 g/mol. The van der Waals surface area contributed by atoms with Crippen LogP contribution in [0, 0.1) is 20.8 Å². The van der Waals surface area contributed by atoms with E-state index in [4.69, 9.17) is 0 Å². The Kier molecular flexibility index (Phi) is 6.04. The van der Waals surface area contributed by atoms with Gasteiger partial charge in [-0.1, -0.05) is 29.8 Å². The van der Waals surface area contributed by atoms with Gasteiger partial charge in [0.2, 0.25) is 0 Å². The molecule has 0 unspecified atom stereocenters. The fourth-order valence-corrected chi connectivity index (χ4v) is 2.87. The van der Waals surface area contributed by atoms with E-state index in [0.717, 1.165) is 39.5 Å². The molecule has 0 saturated carbocycles. The Morgan fingerprint density at radius 3 is 2.47 bits per heavy atom. The minimum atomic E-state index is -4.55. The van der Waals surface area contributed by atoms with Gasteiger partial charge in [0.1, 0.15) is 6.54 Å². The molecule has 7 nitrogen and oxygen atoms in total. The van der Waals surface area contributed by atoms with Gasteiger partial charge in [0, 0.05) is 17.5 Å². The summed E-state index contributed by atoms with van der Waals surface area (Å²) in [6, 6.07) is 8.97. The van der Waals surface area contributed by atoms with E-state index < -0.39 is 17.8 Å². The lowest BCUT2D eigenvalue weighted by Crippen LogP contribution is -2.24. The van der Waals surface area contributed by atoms with Crippen LogP contribution < -0.4 is 5.43 Å². The normalized spacial score (nSPS) is 11.9. The Morgan fingerprint density at radius 2 is 1.83 bits per heavy atom. The molecule has 10 heteroatoms. The number of halogens is 3. The summed E-state index contributed by atoms with van der Waals surface area (Å²) in [5.41, 5.74) is 5.94. The van der Waals surface area contributed by atoms with E-state index in [9.17, 15) is 18.0 Å². The minimum Gasteiger partial charge on any atom is -0.271 e. The van der Waals surface area contributed by atoms with Crippen molar-refractivity contribution in [3.8, 4) is 0 Å². The van der Waals surface area contributed by atoms with Crippen LogP contribution in [0.1, 0.15) is 33.8 Å². The second-order valence-corrected chi connectivity index (χ2v) is 6.92. The lowest BCUT2D eigenvalue weighted by atomic mass is 10.1. The van der Waals surface area contributed by atoms with Crippen LogP contribution in [0.15, 0.2) is 41.6 Å². The van der Waals surface area contributed by atoms with Gasteiger partial charge < -0.3 is 0 Å². The largest absolute Gasteiger partial charge is 0.435 e. The van der Waals surface area contributed by atoms with Crippen LogP contribution in [-0.2, 0) is 24.1 Å². The first-order valence-electron chi connectivity index (χ1n) is 9.15. The molecule has 2 aromatic heterocycles. The first-order chi connectivity index (χ1) is 14.1. The molecule has 158 valence electrons. The van der Waals surface area contributed by atoms with Crippen LogP contribution >= 0.6 is 0 Å². The van der Waals surface area contributed by atoms with Crippen molar-refractivity contribution >= 4 is 12.1 Å². The molecule has 0 aliphatic heterocycles. The van der Waals surface area contributed by atoms with Crippen molar-refractivity contribution in [1.29, 1.82) is 0 Å². The highest BCUT2D eigenvalue weighted by atomic mass is 19.4. The first-order valence-corrected chi connectivity index (χ1v) is 9.15. The maximum Gasteiger partial charge on any atom is 0.435 e. The molecule has 0 fully saturated rings. The van der Waals surface area contributed by atoms with Crippen molar-refractivity contribution in [3.05, 3.63) is 70.3 Å². The molecular formula is C20H21F3N6O. The number of nitrogens with one attached hydrogen (secondary N) is 1. The summed E-state index contributed by atoms with van der Waals surface area (Å²) in [4.78, 5) is 11.9. The Morgan fingerprint density at radius 1 is 1.13 bits per heavy atom. The van der Waals surface area contributed by atoms with Gasteiger partial charge in [0.05, 0.1) is 18.5 Å². The van der Waals surface area contributed by atoms with E-state index in [-0.39, 0.29) is 6.54 Å². The zero-order valence-corrected chi connectivity index (χ0v) is 16.7. The number of benzene rings is 1. The van der Waals surface area contributed by atoms with Crippen LogP contribution in [0.3, 0.4) is 0 Å². The fraction of sp³-hybridized carbons (Fsp3) is 0.300. The zero-order chi connectivity index (χ0) is 21.9. The van der Waals surface area contributed by atoms with E-state index >= 15 is 0 Å². The van der Waals surface area contributed by atoms with Gasteiger partial charge in [0.25, 0.3) is 5.91 Å². The predicted octanol–water partition coefficient (Wildman–Crippen LogP) is 3.22. The predicted molar refractivity (Wildman–Crippen MR) is 105 cm³/mol. The van der Waals surface area contributed by atoms with Gasteiger partial charge in [-0.3, -0.25) is 14.2 Å². The van der Waals surface area contributed by atoms with E-state index in [0.29, 0.717) is 6.54 Å². The maximum absolute atomic E-state index is 12.6. The Bertz CT molecular complexity index is 1060. The van der Waals surface area contributed by atoms with Gasteiger partial charge in [-0.15, -0.1) is 0 Å². The molecule has 0 aliphatic carbocycles. The van der Waals surface area contributed by atoms with Gasteiger partial charge >= 0.3 is 6.18 Å². The number of hydrazone groups is 1. The van der Waals surface area contributed by atoms with Crippen LogP contribution in [0.25, 0.3) is 0 Å². The highest BCUT2D eigenvalue weighted by Gasteiger charge is 2.33. The summed E-state index contributed by atoms with van der Waals surface area (Å²) >= 11 is 0. The SMILES string of the molecule is Cc1ccc(Cn2nc(C)c(/C=N/NC(=O)Cn3ccc(C(F)(F)F)n3)c2C)cc1. The standard InChI is InChI=1S/C20H21F3N6O/c1-13-4-6-16(7-5-13)11-29-15(3)17(14(2)26-29)10-24-25-19(30)12-28-9-8-18(27-28)20(21,22)23/h4-10H,11-12H2,1-3H3,(H,25,30)/b24-10+. The maximum atomic E-state index is 12.6. The number of aromatic nitrogens is 4. The van der Waals surface area contributed by atoms with Crippen molar-refractivity contribution in [2.45, 2.75) is 40.0 Å². The highest BCUT2D eigenvalue weighted by Crippen LogP contribution is 2.27. The topological polar surface area (TPSA) is 77.1 Å². The molecular weight excluding hydrogens is 397 g/mol. The second kappa shape index (κ2) is 8.52. The van der Waals surface area contributed by atoms with Crippen molar-refractivity contribution in [1.82, 2.24) is 25.0 Å². The highest BCUT2D eigenvalue weighted by molar-refractivity contribution is 5.84. The molecule has 0 radical (unpaired) electrons. The lowest BCUT2D eigenvalue weighted by molar-refractivity contribution is -0.141. The molecule has 3 rings (SSSR count). The van der Waals surface area contributed by atoms with Crippen molar-refractivity contribution < 1.29 is 18.0 Å². The number of hydrogen-bond acceptors (Lipinski definition) is 4. The lowest BCUT2D eigenvalue weighted by Gasteiger charge is -2.05. The zero-order valence-electron chi connectivity index (χ0n) is 16.7. The van der Waals surface area contributed by atoms with Crippen molar-refractivity contribution in [2.75, 3.05) is 0 Å². The molecule has 0 bridgehead atoms. The second-order valence-electron chi connectivity index (χ2n) is 6.92. The first kappa shape index (κ1) is 21.3. The average Bonchev–Trinajstić information content (AvgIpc) is 3.23. The molecule has 0 aliphatic rings. The van der Waals surface area contributed by atoms with Crippen LogP contribution in [0.4, 0.5) is 13.2 Å². The molecule has 1 aromatic carbocycles. The Balaban J connectivity index is 1.61. The summed E-state index contributed by atoms with van der Waals surface area (Å²) < 4.78 is 40.4. The molecule has 0 atom stereocenters. The summed E-state index contributed by atoms with van der Waals surface area (Å²) in [6.07, 6.45) is -1.98. The fourth-order valence-electron chi connectivity index (χ4n) is 2.87. The molecule has 1 N–H and O–H groups in total. The van der Waals surface area contributed by atoms with E-state index in [1.165, 1.54) is 11.8 Å². The number of aryl methyl sites for hydroxylation is 2. The van der Waals surface area contributed by atoms with Gasteiger partial charge in [0.15, 0.2) is 5.69 Å². The van der Waals surface area contributed by atoms with Gasteiger partial charge in [-0.25, -0.2) is 5.43 Å². The molecule has 0 spiro atoms. The molecule has 1 amide bonds. The van der Waals surface area contributed by atoms with Gasteiger partial charge in [-0.05, 0) is 32.4 Å². The smallest absolute Gasteiger partial charge is 0.271 e. The summed E-state index contributed by atoms with van der Waals surface area (Å²) in [5, 5.41) is 11.7. The van der Waals surface area contributed by atoms with E-state index in [1.54, 1.807) is 0 Å². The summed E-state index contributed by atoms with van der Waals surface area (Å²) in [7, 11) is 0. The monoisotopic (exact) mass is 418 g/mol. The number of hydrogen-bond donors (Lipinski definition) is 1. The number of alkyl halides is 3. The van der Waals surface area contributed by atoms with Crippen LogP contribution in [0.5, 0.6) is 0 Å². The van der Waals surface area contributed by atoms with E-state index in [1.807, 2.05) is 49.7 Å². The molecule has 0 saturated heterocycles. The Hall–Kier alpha value is -3.43. The quantitative estimate of drug-likeness (QED) is 0.493. The number of carbonyl (C=O) groups excluding carboxylic acids is 1. The van der Waals surface area contributed by atoms with Crippen LogP contribution in [-0.4, -0.2) is 31.7 Å². The third-order valence-electron chi connectivity index (χ3n) is 4.51. The summed E-state index contributed by atoms with van der Waals surface area (Å²) in [6.45, 7) is 5.99. The van der Waals surface area contributed by atoms with Gasteiger partial charge in [-0.2, -0.15) is 28.5 Å². The molecule has 30 heavy (non-hydrogen) atoms. The number of amides is 1. The number of carbonyl (C=O) groups is 1. The van der Waals surface area contributed by atoms with E-state index in [2.05, 4.69) is 20.7 Å². The summed E-state index contributed by atoms with van der Waals surface area (Å²) in [5.74, 6) is -0.592. The van der Waals surface area contributed by atoms with Crippen LogP contribution in [0.2, 0.25) is 0 Å².